The molecule has 0 radical (unpaired) electrons. The second-order valence-corrected chi connectivity index (χ2v) is 9.58. The molecule has 0 amide bonds. The van der Waals surface area contributed by atoms with Gasteiger partial charge >= 0.3 is 0 Å². The van der Waals surface area contributed by atoms with E-state index in [0.717, 1.165) is 44.1 Å². The molecule has 2 aromatic heterocycles. The molecule has 8 nitrogen and oxygen atoms in total. The van der Waals surface area contributed by atoms with Crippen LogP contribution < -0.4 is 5.56 Å². The number of aromatic nitrogens is 3. The number of hydrogen-bond acceptors (Lipinski definition) is 5. The SMILES string of the molecule is O=c1ccc(-c2ccncc2)nn1CC1CCCN1S(=O)(=O)N1CCCCCC1. The Morgan fingerprint density at radius 2 is 1.66 bits per heavy atom. The van der Waals surface area contributed by atoms with Crippen molar-refractivity contribution in [3.8, 4) is 11.3 Å². The third-order valence-corrected chi connectivity index (χ3v) is 7.83. The van der Waals surface area contributed by atoms with Gasteiger partial charge in [0.1, 0.15) is 0 Å². The van der Waals surface area contributed by atoms with E-state index in [1.54, 1.807) is 27.1 Å². The van der Waals surface area contributed by atoms with E-state index in [2.05, 4.69) is 10.1 Å². The van der Waals surface area contributed by atoms with Crippen LogP contribution in [0, 0.1) is 0 Å². The van der Waals surface area contributed by atoms with E-state index in [4.69, 9.17) is 0 Å². The fraction of sp³-hybridized carbons (Fsp3) is 0.550. The van der Waals surface area contributed by atoms with Gasteiger partial charge in [0, 0.05) is 49.7 Å². The molecule has 1 atom stereocenters. The second kappa shape index (κ2) is 8.73. The Hall–Kier alpha value is -2.10. The molecule has 156 valence electrons. The van der Waals surface area contributed by atoms with Gasteiger partial charge in [-0.15, -0.1) is 0 Å². The third-order valence-electron chi connectivity index (χ3n) is 5.74. The third kappa shape index (κ3) is 4.41. The summed E-state index contributed by atoms with van der Waals surface area (Å²) in [6.45, 7) is 1.94. The smallest absolute Gasteiger partial charge is 0.268 e. The van der Waals surface area contributed by atoms with E-state index in [9.17, 15) is 13.2 Å². The lowest BCUT2D eigenvalue weighted by molar-refractivity contribution is 0.299. The van der Waals surface area contributed by atoms with Crippen molar-refractivity contribution in [2.24, 2.45) is 0 Å². The van der Waals surface area contributed by atoms with Gasteiger partial charge in [0.2, 0.25) is 0 Å². The molecular weight excluding hydrogens is 390 g/mol. The van der Waals surface area contributed by atoms with Gasteiger partial charge in [0.05, 0.1) is 12.2 Å². The van der Waals surface area contributed by atoms with Crippen molar-refractivity contribution in [1.82, 2.24) is 23.4 Å². The van der Waals surface area contributed by atoms with Crippen LogP contribution in [0.4, 0.5) is 0 Å². The number of nitrogens with zero attached hydrogens (tertiary/aromatic N) is 5. The average Bonchev–Trinajstić information content (AvgIpc) is 3.02. The maximum absolute atomic E-state index is 13.3. The van der Waals surface area contributed by atoms with Crippen LogP contribution in [0.5, 0.6) is 0 Å². The quantitative estimate of drug-likeness (QED) is 0.741. The molecule has 4 rings (SSSR count). The van der Waals surface area contributed by atoms with Gasteiger partial charge in [0.25, 0.3) is 15.8 Å². The molecule has 0 saturated carbocycles. The lowest BCUT2D eigenvalue weighted by atomic mass is 10.2. The molecule has 0 bridgehead atoms. The largest absolute Gasteiger partial charge is 0.282 e. The summed E-state index contributed by atoms with van der Waals surface area (Å²) in [7, 11) is -3.51. The molecule has 0 spiro atoms. The molecule has 2 saturated heterocycles. The van der Waals surface area contributed by atoms with Gasteiger partial charge in [0.15, 0.2) is 0 Å². The van der Waals surface area contributed by atoms with Gasteiger partial charge in [-0.3, -0.25) is 9.78 Å². The zero-order valence-corrected chi connectivity index (χ0v) is 17.3. The minimum absolute atomic E-state index is 0.221. The molecule has 0 aromatic carbocycles. The highest BCUT2D eigenvalue weighted by Gasteiger charge is 2.38. The first-order chi connectivity index (χ1) is 14.1. The molecule has 2 aliphatic rings. The first kappa shape index (κ1) is 20.2. The molecule has 0 aliphatic carbocycles. The van der Waals surface area contributed by atoms with Gasteiger partial charge in [-0.1, -0.05) is 12.8 Å². The van der Waals surface area contributed by atoms with Crippen molar-refractivity contribution in [3.63, 3.8) is 0 Å². The molecule has 2 fully saturated rings. The summed E-state index contributed by atoms with van der Waals surface area (Å²) in [6, 6.07) is 6.60. The number of pyridine rings is 1. The Balaban J connectivity index is 1.56. The van der Waals surface area contributed by atoms with Gasteiger partial charge in [-0.2, -0.15) is 22.1 Å². The highest BCUT2D eigenvalue weighted by Crippen LogP contribution is 2.26. The van der Waals surface area contributed by atoms with E-state index in [1.165, 1.54) is 10.7 Å². The Morgan fingerprint density at radius 3 is 2.38 bits per heavy atom. The van der Waals surface area contributed by atoms with E-state index in [0.29, 0.717) is 25.3 Å². The maximum atomic E-state index is 13.3. The summed E-state index contributed by atoms with van der Waals surface area (Å²) < 4.78 is 31.1. The fourth-order valence-corrected chi connectivity index (χ4v) is 6.10. The first-order valence-electron chi connectivity index (χ1n) is 10.3. The van der Waals surface area contributed by atoms with Gasteiger partial charge in [-0.05, 0) is 43.9 Å². The highest BCUT2D eigenvalue weighted by molar-refractivity contribution is 7.86. The molecular formula is C20H27N5O3S. The van der Waals surface area contributed by atoms with Crippen LogP contribution in [-0.2, 0) is 16.8 Å². The van der Waals surface area contributed by atoms with E-state index < -0.39 is 10.2 Å². The van der Waals surface area contributed by atoms with Crippen molar-refractivity contribution < 1.29 is 8.42 Å². The van der Waals surface area contributed by atoms with Crippen LogP contribution in [0.2, 0.25) is 0 Å². The normalized spacial score (nSPS) is 21.9. The molecule has 29 heavy (non-hydrogen) atoms. The van der Waals surface area contributed by atoms with Crippen LogP contribution >= 0.6 is 0 Å². The summed E-state index contributed by atoms with van der Waals surface area (Å²) in [6.07, 6.45) is 8.88. The van der Waals surface area contributed by atoms with Crippen molar-refractivity contribution in [2.75, 3.05) is 19.6 Å². The van der Waals surface area contributed by atoms with Crippen molar-refractivity contribution in [3.05, 3.63) is 47.0 Å². The predicted octanol–water partition coefficient (Wildman–Crippen LogP) is 1.89. The van der Waals surface area contributed by atoms with E-state index in [-0.39, 0.29) is 18.1 Å². The predicted molar refractivity (Wildman–Crippen MR) is 110 cm³/mol. The Bertz CT molecular complexity index is 985. The topological polar surface area (TPSA) is 88.4 Å². The zero-order chi connectivity index (χ0) is 20.3. The maximum Gasteiger partial charge on any atom is 0.282 e. The van der Waals surface area contributed by atoms with Crippen molar-refractivity contribution in [2.45, 2.75) is 51.1 Å². The Morgan fingerprint density at radius 1 is 0.931 bits per heavy atom. The minimum atomic E-state index is -3.51. The standard InChI is InChI=1S/C20H27N5O3S/c26-20-8-7-19(17-9-11-21-12-10-17)22-24(20)16-18-6-5-15-25(18)29(27,28)23-13-3-1-2-4-14-23/h7-12,18H,1-6,13-16H2. The lowest BCUT2D eigenvalue weighted by Gasteiger charge is -2.30. The van der Waals surface area contributed by atoms with Crippen LogP contribution in [0.1, 0.15) is 38.5 Å². The molecule has 1 unspecified atom stereocenters. The van der Waals surface area contributed by atoms with Crippen LogP contribution in [0.3, 0.4) is 0 Å². The minimum Gasteiger partial charge on any atom is -0.268 e. The van der Waals surface area contributed by atoms with Gasteiger partial charge in [-0.25, -0.2) is 4.68 Å². The monoisotopic (exact) mass is 417 g/mol. The summed E-state index contributed by atoms with van der Waals surface area (Å²) in [4.78, 5) is 16.4. The summed E-state index contributed by atoms with van der Waals surface area (Å²) >= 11 is 0. The number of rotatable bonds is 5. The Labute approximate surface area is 171 Å². The molecule has 2 aliphatic heterocycles. The average molecular weight is 418 g/mol. The second-order valence-electron chi connectivity index (χ2n) is 7.70. The summed E-state index contributed by atoms with van der Waals surface area (Å²) in [5.41, 5.74) is 1.32. The summed E-state index contributed by atoms with van der Waals surface area (Å²) in [5.74, 6) is 0. The van der Waals surface area contributed by atoms with Crippen molar-refractivity contribution >= 4 is 10.2 Å². The summed E-state index contributed by atoms with van der Waals surface area (Å²) in [5, 5.41) is 4.49. The first-order valence-corrected chi connectivity index (χ1v) is 11.7. The van der Waals surface area contributed by atoms with Crippen molar-refractivity contribution in [1.29, 1.82) is 0 Å². The van der Waals surface area contributed by atoms with Gasteiger partial charge < -0.3 is 0 Å². The molecule has 2 aromatic rings. The van der Waals surface area contributed by atoms with Crippen LogP contribution in [0.15, 0.2) is 41.5 Å². The molecule has 9 heteroatoms. The lowest BCUT2D eigenvalue weighted by Crippen LogP contribution is -2.48. The molecule has 4 heterocycles. The molecule has 0 N–H and O–H groups in total. The Kier molecular flexibility index (Phi) is 6.07. The van der Waals surface area contributed by atoms with Crippen LogP contribution in [0.25, 0.3) is 11.3 Å². The zero-order valence-electron chi connectivity index (χ0n) is 16.5. The van der Waals surface area contributed by atoms with E-state index >= 15 is 0 Å². The van der Waals surface area contributed by atoms with Crippen LogP contribution in [-0.4, -0.2) is 57.5 Å². The van der Waals surface area contributed by atoms with E-state index in [1.807, 2.05) is 12.1 Å². The highest BCUT2D eigenvalue weighted by atomic mass is 32.2. The fourth-order valence-electron chi connectivity index (χ4n) is 4.17. The number of hydrogen-bond donors (Lipinski definition) is 0.